The highest BCUT2D eigenvalue weighted by Gasteiger charge is 2.21. The smallest absolute Gasteiger partial charge is 0.142 e. The van der Waals surface area contributed by atoms with E-state index in [0.717, 1.165) is 21.5 Å². The van der Waals surface area contributed by atoms with Crippen molar-refractivity contribution in [2.24, 2.45) is 0 Å². The number of ether oxygens (including phenoxy) is 1. The van der Waals surface area contributed by atoms with Crippen LogP contribution in [-0.2, 0) is 0 Å². The molecule has 0 saturated heterocycles. The number of pyridine rings is 1. The van der Waals surface area contributed by atoms with Crippen LogP contribution in [0.2, 0.25) is 0 Å². The van der Waals surface area contributed by atoms with Crippen molar-refractivity contribution in [3.8, 4) is 5.75 Å². The highest BCUT2D eigenvalue weighted by Crippen LogP contribution is 2.33. The van der Waals surface area contributed by atoms with Gasteiger partial charge in [-0.3, -0.25) is 4.98 Å². The number of methoxy groups -OCH3 is 1. The molecule has 0 radical (unpaired) electrons. The predicted molar refractivity (Wildman–Crippen MR) is 68.1 cm³/mol. The zero-order valence-electron chi connectivity index (χ0n) is 9.61. The average molecular weight is 297 g/mol. The van der Waals surface area contributed by atoms with Gasteiger partial charge in [-0.15, -0.1) is 0 Å². The van der Waals surface area contributed by atoms with Crippen molar-refractivity contribution in [2.75, 3.05) is 14.2 Å². The quantitative estimate of drug-likeness (QED) is 0.942. The van der Waals surface area contributed by atoms with Crippen molar-refractivity contribution in [3.63, 3.8) is 0 Å². The van der Waals surface area contributed by atoms with Crippen molar-refractivity contribution in [1.82, 2.24) is 10.3 Å². The van der Waals surface area contributed by atoms with Gasteiger partial charge in [0, 0.05) is 11.8 Å². The molecule has 0 aromatic carbocycles. The van der Waals surface area contributed by atoms with E-state index in [1.807, 2.05) is 19.2 Å². The molecule has 0 aliphatic rings. The predicted octanol–water partition coefficient (Wildman–Crippen LogP) is 2.75. The van der Waals surface area contributed by atoms with Gasteiger partial charge in [0.2, 0.25) is 0 Å². The van der Waals surface area contributed by atoms with E-state index in [0.29, 0.717) is 0 Å². The Hall–Kier alpha value is -1.33. The zero-order valence-corrected chi connectivity index (χ0v) is 11.2. The summed E-state index contributed by atoms with van der Waals surface area (Å²) >= 11 is 3.46. The second kappa shape index (κ2) is 5.33. The fourth-order valence-electron chi connectivity index (χ4n) is 1.74. The van der Waals surface area contributed by atoms with Gasteiger partial charge in [-0.25, -0.2) is 0 Å². The maximum absolute atomic E-state index is 5.49. The fourth-order valence-corrected chi connectivity index (χ4v) is 2.17. The number of nitrogens with one attached hydrogen (secondary N) is 1. The SMILES string of the molecule is CNC(c1ccncc1OC)c1occc1Br. The summed E-state index contributed by atoms with van der Waals surface area (Å²) in [6.07, 6.45) is 5.08. The molecule has 2 heterocycles. The highest BCUT2D eigenvalue weighted by molar-refractivity contribution is 9.10. The number of hydrogen-bond donors (Lipinski definition) is 1. The molecule has 2 rings (SSSR count). The molecule has 90 valence electrons. The zero-order chi connectivity index (χ0) is 12.3. The van der Waals surface area contributed by atoms with Crippen molar-refractivity contribution in [2.45, 2.75) is 6.04 Å². The molecule has 1 unspecified atom stereocenters. The van der Waals surface area contributed by atoms with Gasteiger partial charge in [-0.2, -0.15) is 0 Å². The van der Waals surface area contributed by atoms with Crippen LogP contribution in [0.4, 0.5) is 0 Å². The summed E-state index contributed by atoms with van der Waals surface area (Å²) in [5.41, 5.74) is 0.987. The lowest BCUT2D eigenvalue weighted by atomic mass is 10.1. The van der Waals surface area contributed by atoms with Gasteiger partial charge >= 0.3 is 0 Å². The van der Waals surface area contributed by atoms with E-state index in [1.165, 1.54) is 0 Å². The first kappa shape index (κ1) is 12.1. The van der Waals surface area contributed by atoms with Crippen molar-refractivity contribution in [3.05, 3.63) is 46.6 Å². The number of halogens is 1. The van der Waals surface area contributed by atoms with Crippen LogP contribution in [0.5, 0.6) is 5.75 Å². The second-order valence-electron chi connectivity index (χ2n) is 3.47. The molecule has 0 aliphatic carbocycles. The molecule has 1 atom stereocenters. The van der Waals surface area contributed by atoms with Crippen molar-refractivity contribution >= 4 is 15.9 Å². The number of hydrogen-bond acceptors (Lipinski definition) is 4. The molecular formula is C12H13BrN2O2. The molecule has 0 amide bonds. The Bertz CT molecular complexity index is 499. The van der Waals surface area contributed by atoms with Gasteiger partial charge in [0.05, 0.1) is 30.1 Å². The number of nitrogens with zero attached hydrogens (tertiary/aromatic N) is 1. The monoisotopic (exact) mass is 296 g/mol. The lowest BCUT2D eigenvalue weighted by Crippen LogP contribution is -2.18. The highest BCUT2D eigenvalue weighted by atomic mass is 79.9. The summed E-state index contributed by atoms with van der Waals surface area (Å²) in [7, 11) is 3.50. The minimum atomic E-state index is -0.0719. The van der Waals surface area contributed by atoms with Crippen LogP contribution in [0.3, 0.4) is 0 Å². The van der Waals surface area contributed by atoms with Gasteiger partial charge in [0.1, 0.15) is 11.5 Å². The average Bonchev–Trinajstić information content (AvgIpc) is 2.78. The fraction of sp³-hybridized carbons (Fsp3) is 0.250. The van der Waals surface area contributed by atoms with E-state index in [-0.39, 0.29) is 6.04 Å². The summed E-state index contributed by atoms with van der Waals surface area (Å²) in [6, 6.07) is 3.71. The first-order chi connectivity index (χ1) is 8.27. The third-order valence-electron chi connectivity index (χ3n) is 2.54. The van der Waals surface area contributed by atoms with Crippen molar-refractivity contribution < 1.29 is 9.15 Å². The van der Waals surface area contributed by atoms with E-state index < -0.39 is 0 Å². The third kappa shape index (κ3) is 2.35. The Kier molecular flexibility index (Phi) is 3.81. The normalized spacial score (nSPS) is 12.4. The van der Waals surface area contributed by atoms with Crippen LogP contribution in [0.15, 0.2) is 39.7 Å². The van der Waals surface area contributed by atoms with Gasteiger partial charge in [-0.05, 0) is 35.1 Å². The van der Waals surface area contributed by atoms with Crippen LogP contribution in [0, 0.1) is 0 Å². The lowest BCUT2D eigenvalue weighted by molar-refractivity contribution is 0.394. The molecule has 1 N–H and O–H groups in total. The first-order valence-corrected chi connectivity index (χ1v) is 5.95. The Balaban J connectivity index is 2.46. The molecule has 0 saturated carbocycles. The Morgan fingerprint density at radius 2 is 2.29 bits per heavy atom. The molecule has 0 spiro atoms. The molecule has 0 fully saturated rings. The molecule has 17 heavy (non-hydrogen) atoms. The molecule has 2 aromatic heterocycles. The number of furan rings is 1. The number of aromatic nitrogens is 1. The minimum absolute atomic E-state index is 0.0719. The van der Waals surface area contributed by atoms with Crippen LogP contribution in [-0.4, -0.2) is 19.1 Å². The van der Waals surface area contributed by atoms with Crippen LogP contribution >= 0.6 is 15.9 Å². The van der Waals surface area contributed by atoms with Crippen LogP contribution in [0.1, 0.15) is 17.4 Å². The second-order valence-corrected chi connectivity index (χ2v) is 4.33. The minimum Gasteiger partial charge on any atom is -0.495 e. The summed E-state index contributed by atoms with van der Waals surface area (Å²) in [4.78, 5) is 4.04. The van der Waals surface area contributed by atoms with Gasteiger partial charge < -0.3 is 14.5 Å². The lowest BCUT2D eigenvalue weighted by Gasteiger charge is -2.17. The maximum atomic E-state index is 5.49. The summed E-state index contributed by atoms with van der Waals surface area (Å²) < 4.78 is 11.7. The van der Waals surface area contributed by atoms with Crippen molar-refractivity contribution in [1.29, 1.82) is 0 Å². The molecule has 0 aliphatic heterocycles. The molecule has 5 heteroatoms. The van der Waals surface area contributed by atoms with E-state index in [4.69, 9.17) is 9.15 Å². The molecular weight excluding hydrogens is 284 g/mol. The third-order valence-corrected chi connectivity index (χ3v) is 3.20. The van der Waals surface area contributed by atoms with E-state index in [1.54, 1.807) is 25.8 Å². The molecule has 0 bridgehead atoms. The molecule has 4 nitrogen and oxygen atoms in total. The van der Waals surface area contributed by atoms with E-state index in [9.17, 15) is 0 Å². The number of rotatable bonds is 4. The Morgan fingerprint density at radius 1 is 1.47 bits per heavy atom. The summed E-state index contributed by atoms with van der Waals surface area (Å²) in [6.45, 7) is 0. The van der Waals surface area contributed by atoms with E-state index in [2.05, 4.69) is 26.2 Å². The Labute approximate surface area is 108 Å². The standard InChI is InChI=1S/C12H13BrN2O2/c1-14-11(12-9(13)4-6-17-12)8-3-5-15-7-10(8)16-2/h3-7,11,14H,1-2H3. The largest absolute Gasteiger partial charge is 0.495 e. The van der Waals surface area contributed by atoms with Crippen LogP contribution in [0.25, 0.3) is 0 Å². The van der Waals surface area contributed by atoms with Crippen LogP contribution < -0.4 is 10.1 Å². The Morgan fingerprint density at radius 3 is 2.88 bits per heavy atom. The van der Waals surface area contributed by atoms with Gasteiger partial charge in [0.25, 0.3) is 0 Å². The topological polar surface area (TPSA) is 47.3 Å². The maximum Gasteiger partial charge on any atom is 0.142 e. The first-order valence-electron chi connectivity index (χ1n) is 5.16. The summed E-state index contributed by atoms with van der Waals surface area (Å²) in [5.74, 6) is 1.55. The van der Waals surface area contributed by atoms with Gasteiger partial charge in [-0.1, -0.05) is 0 Å². The van der Waals surface area contributed by atoms with E-state index >= 15 is 0 Å². The summed E-state index contributed by atoms with van der Waals surface area (Å²) in [5, 5.41) is 3.20. The molecule has 2 aromatic rings. The van der Waals surface area contributed by atoms with Gasteiger partial charge in [0.15, 0.2) is 0 Å².